The van der Waals surface area contributed by atoms with Gasteiger partial charge in [0.15, 0.2) is 0 Å². The highest BCUT2D eigenvalue weighted by Crippen LogP contribution is 2.18. The Labute approximate surface area is 89.0 Å². The predicted molar refractivity (Wildman–Crippen MR) is 52.1 cm³/mol. The fraction of sp³-hybridized carbons (Fsp3) is 0.429. The molecule has 0 saturated carbocycles. The van der Waals surface area contributed by atoms with Gasteiger partial charge in [-0.3, -0.25) is 9.59 Å². The van der Waals surface area contributed by atoms with Crippen LogP contribution in [0.25, 0.3) is 0 Å². The summed E-state index contributed by atoms with van der Waals surface area (Å²) in [7, 11) is 0. The van der Waals surface area contributed by atoms with Crippen LogP contribution in [-0.4, -0.2) is 45.4 Å². The summed E-state index contributed by atoms with van der Waals surface area (Å²) in [5, 5.41) is 25.5. The zero-order chi connectivity index (χ0) is 11.4. The molecule has 1 aromatic heterocycles. The van der Waals surface area contributed by atoms with Gasteiger partial charge in [0.25, 0.3) is 0 Å². The maximum atomic E-state index is 10.5. The molecule has 7 nitrogen and oxygen atoms in total. The van der Waals surface area contributed by atoms with Gasteiger partial charge in [0.05, 0.1) is 0 Å². The van der Waals surface area contributed by atoms with E-state index in [-0.39, 0.29) is 0 Å². The van der Waals surface area contributed by atoms with E-state index in [2.05, 4.69) is 10.2 Å². The third-order valence-corrected chi connectivity index (χ3v) is 2.34. The molecular formula is C7H9N3O4S. The van der Waals surface area contributed by atoms with Gasteiger partial charge < -0.3 is 15.1 Å². The van der Waals surface area contributed by atoms with Crippen molar-refractivity contribution in [2.75, 3.05) is 18.0 Å². The fourth-order valence-electron chi connectivity index (χ4n) is 0.932. The van der Waals surface area contributed by atoms with E-state index < -0.39 is 25.0 Å². The maximum Gasteiger partial charge on any atom is 0.323 e. The molecule has 0 fully saturated rings. The third kappa shape index (κ3) is 3.50. The van der Waals surface area contributed by atoms with Crippen molar-refractivity contribution in [2.24, 2.45) is 0 Å². The van der Waals surface area contributed by atoms with E-state index in [1.165, 1.54) is 0 Å². The van der Waals surface area contributed by atoms with E-state index in [1.54, 1.807) is 6.92 Å². The molecule has 0 aliphatic heterocycles. The Kier molecular flexibility index (Phi) is 3.56. The third-order valence-electron chi connectivity index (χ3n) is 1.44. The summed E-state index contributed by atoms with van der Waals surface area (Å²) >= 11 is 1.16. The lowest BCUT2D eigenvalue weighted by Crippen LogP contribution is -2.34. The molecule has 0 amide bonds. The second kappa shape index (κ2) is 4.69. The summed E-state index contributed by atoms with van der Waals surface area (Å²) in [6, 6.07) is 0. The number of carboxylic acid groups (broad SMARTS) is 2. The summed E-state index contributed by atoms with van der Waals surface area (Å²) in [4.78, 5) is 22.1. The highest BCUT2D eigenvalue weighted by atomic mass is 32.1. The van der Waals surface area contributed by atoms with Crippen LogP contribution >= 0.6 is 11.3 Å². The van der Waals surface area contributed by atoms with Crippen molar-refractivity contribution in [3.63, 3.8) is 0 Å². The first-order valence-electron chi connectivity index (χ1n) is 3.97. The minimum atomic E-state index is -1.11. The molecule has 0 unspecified atom stereocenters. The predicted octanol–water partition coefficient (Wildman–Crippen LogP) is -0.178. The van der Waals surface area contributed by atoms with Gasteiger partial charge in [-0.05, 0) is 6.92 Å². The SMILES string of the molecule is Cc1nnc(N(CC(=O)O)CC(=O)O)s1. The Morgan fingerprint density at radius 3 is 2.13 bits per heavy atom. The van der Waals surface area contributed by atoms with Crippen LogP contribution in [0.3, 0.4) is 0 Å². The fourth-order valence-corrected chi connectivity index (χ4v) is 1.62. The van der Waals surface area contributed by atoms with E-state index in [9.17, 15) is 9.59 Å². The van der Waals surface area contributed by atoms with Crippen LogP contribution in [0.2, 0.25) is 0 Å². The molecule has 1 aromatic rings. The summed E-state index contributed by atoms with van der Waals surface area (Å²) in [6.07, 6.45) is 0. The quantitative estimate of drug-likeness (QED) is 0.724. The second-order valence-corrected chi connectivity index (χ2v) is 3.91. The number of aryl methyl sites for hydroxylation is 1. The zero-order valence-corrected chi connectivity index (χ0v) is 8.69. The summed E-state index contributed by atoms with van der Waals surface area (Å²) in [5.41, 5.74) is 0. The molecule has 82 valence electrons. The van der Waals surface area contributed by atoms with Gasteiger partial charge in [-0.25, -0.2) is 0 Å². The Morgan fingerprint density at radius 1 is 1.27 bits per heavy atom. The lowest BCUT2D eigenvalue weighted by molar-refractivity contribution is -0.136. The number of hydrogen-bond donors (Lipinski definition) is 2. The van der Waals surface area contributed by atoms with Gasteiger partial charge in [-0.2, -0.15) is 0 Å². The molecule has 1 rings (SSSR count). The molecule has 0 aliphatic rings. The van der Waals surface area contributed by atoms with Crippen molar-refractivity contribution in [3.05, 3.63) is 5.01 Å². The number of aromatic nitrogens is 2. The lowest BCUT2D eigenvalue weighted by Gasteiger charge is -2.15. The molecule has 0 aromatic carbocycles. The Bertz CT molecular complexity index is 362. The first-order valence-corrected chi connectivity index (χ1v) is 4.79. The summed E-state index contributed by atoms with van der Waals surface area (Å²) < 4.78 is 0. The Hall–Kier alpha value is -1.70. The largest absolute Gasteiger partial charge is 0.480 e. The number of carboxylic acids is 2. The van der Waals surface area contributed by atoms with E-state index in [4.69, 9.17) is 10.2 Å². The van der Waals surface area contributed by atoms with Gasteiger partial charge in [0, 0.05) is 0 Å². The standard InChI is InChI=1S/C7H9N3O4S/c1-4-8-9-7(15-4)10(2-5(11)12)3-6(13)14/h2-3H2,1H3,(H,11,12)(H,13,14). The van der Waals surface area contributed by atoms with E-state index >= 15 is 0 Å². The first kappa shape index (κ1) is 11.4. The van der Waals surface area contributed by atoms with Gasteiger partial charge in [0.1, 0.15) is 18.1 Å². The monoisotopic (exact) mass is 231 g/mol. The number of hydrogen-bond acceptors (Lipinski definition) is 6. The van der Waals surface area contributed by atoms with Crippen molar-refractivity contribution in [1.82, 2.24) is 10.2 Å². The minimum Gasteiger partial charge on any atom is -0.480 e. The highest BCUT2D eigenvalue weighted by Gasteiger charge is 2.17. The molecule has 0 bridgehead atoms. The smallest absolute Gasteiger partial charge is 0.323 e. The van der Waals surface area contributed by atoms with Crippen LogP contribution in [0.5, 0.6) is 0 Å². The molecule has 15 heavy (non-hydrogen) atoms. The van der Waals surface area contributed by atoms with E-state index in [1.807, 2.05) is 0 Å². The summed E-state index contributed by atoms with van der Waals surface area (Å²) in [6.45, 7) is 0.906. The van der Waals surface area contributed by atoms with Crippen molar-refractivity contribution < 1.29 is 19.8 Å². The van der Waals surface area contributed by atoms with E-state index in [0.717, 1.165) is 16.2 Å². The second-order valence-electron chi connectivity index (χ2n) is 2.75. The number of rotatable bonds is 5. The van der Waals surface area contributed by atoms with Gasteiger partial charge in [-0.1, -0.05) is 11.3 Å². The number of aliphatic carboxylic acids is 2. The van der Waals surface area contributed by atoms with Crippen LogP contribution in [0.1, 0.15) is 5.01 Å². The topological polar surface area (TPSA) is 104 Å². The minimum absolute atomic E-state index is 0.303. The van der Waals surface area contributed by atoms with Crippen LogP contribution in [0, 0.1) is 6.92 Å². The molecular weight excluding hydrogens is 222 g/mol. The van der Waals surface area contributed by atoms with Crippen LogP contribution in [0.4, 0.5) is 5.13 Å². The molecule has 2 N–H and O–H groups in total. The molecule has 8 heteroatoms. The number of carbonyl (C=O) groups is 2. The Balaban J connectivity index is 2.80. The normalized spacial score (nSPS) is 9.93. The molecule has 1 heterocycles. The highest BCUT2D eigenvalue weighted by molar-refractivity contribution is 7.15. The Morgan fingerprint density at radius 2 is 1.80 bits per heavy atom. The van der Waals surface area contributed by atoms with Crippen LogP contribution in [0.15, 0.2) is 0 Å². The van der Waals surface area contributed by atoms with Crippen molar-refractivity contribution in [2.45, 2.75) is 6.92 Å². The zero-order valence-electron chi connectivity index (χ0n) is 7.88. The van der Waals surface area contributed by atoms with Gasteiger partial charge >= 0.3 is 11.9 Å². The van der Waals surface area contributed by atoms with Crippen molar-refractivity contribution in [3.8, 4) is 0 Å². The molecule has 0 aliphatic carbocycles. The average molecular weight is 231 g/mol. The average Bonchev–Trinajstić information content (AvgIpc) is 2.48. The molecule has 0 atom stereocenters. The number of anilines is 1. The van der Waals surface area contributed by atoms with Crippen molar-refractivity contribution in [1.29, 1.82) is 0 Å². The maximum absolute atomic E-state index is 10.5. The summed E-state index contributed by atoms with van der Waals surface area (Å²) in [5.74, 6) is -2.21. The molecule has 0 spiro atoms. The van der Waals surface area contributed by atoms with Crippen LogP contribution < -0.4 is 4.90 Å². The first-order chi connectivity index (χ1) is 6.99. The molecule has 0 radical (unpaired) electrons. The lowest BCUT2D eigenvalue weighted by atomic mass is 10.5. The van der Waals surface area contributed by atoms with Gasteiger partial charge in [-0.15, -0.1) is 10.2 Å². The number of nitrogens with zero attached hydrogens (tertiary/aromatic N) is 3. The van der Waals surface area contributed by atoms with Gasteiger partial charge in [0.2, 0.25) is 5.13 Å². The molecule has 0 saturated heterocycles. The van der Waals surface area contributed by atoms with Crippen molar-refractivity contribution >= 4 is 28.4 Å². The van der Waals surface area contributed by atoms with Crippen LogP contribution in [-0.2, 0) is 9.59 Å². The van der Waals surface area contributed by atoms with E-state index in [0.29, 0.717) is 10.1 Å².